The molecule has 0 atom stereocenters. The molecular formula is C14H15N3O3S. The number of aromatic nitrogens is 2. The first-order chi connectivity index (χ1) is 10.0. The number of rotatable bonds is 6. The molecule has 6 nitrogen and oxygen atoms in total. The number of carboxylic acid groups (broad SMARTS) is 1. The molecule has 1 heterocycles. The quantitative estimate of drug-likeness (QED) is 0.623. The van der Waals surface area contributed by atoms with E-state index in [1.807, 2.05) is 31.2 Å². The normalized spacial score (nSPS) is 10.3. The fraction of sp³-hybridized carbons (Fsp3) is 0.214. The van der Waals surface area contributed by atoms with Crippen LogP contribution in [0.15, 0.2) is 35.4 Å². The molecule has 1 aromatic heterocycles. The second-order valence-electron chi connectivity index (χ2n) is 4.28. The Morgan fingerprint density at radius 3 is 2.86 bits per heavy atom. The van der Waals surface area contributed by atoms with Crippen LogP contribution >= 0.6 is 11.8 Å². The van der Waals surface area contributed by atoms with Crippen molar-refractivity contribution in [1.82, 2.24) is 9.97 Å². The molecule has 0 saturated heterocycles. The topological polar surface area (TPSA) is 98.3 Å². The van der Waals surface area contributed by atoms with Crippen LogP contribution in [0.4, 0.5) is 5.82 Å². The summed E-state index contributed by atoms with van der Waals surface area (Å²) in [7, 11) is 0. The maximum atomic E-state index is 10.6. The van der Waals surface area contributed by atoms with E-state index in [4.69, 9.17) is 15.6 Å². The number of aliphatic carboxylic acids is 1. The van der Waals surface area contributed by atoms with E-state index in [1.54, 1.807) is 6.07 Å². The van der Waals surface area contributed by atoms with Crippen molar-refractivity contribution in [3.8, 4) is 5.75 Å². The first kappa shape index (κ1) is 15.1. The molecule has 0 aliphatic heterocycles. The van der Waals surface area contributed by atoms with Crippen molar-refractivity contribution in [2.75, 3.05) is 11.5 Å². The molecule has 2 rings (SSSR count). The Balaban J connectivity index is 2.06. The first-order valence-electron chi connectivity index (χ1n) is 6.21. The highest BCUT2D eigenvalue weighted by Gasteiger charge is 2.07. The number of nitrogens with two attached hydrogens (primary N) is 1. The Hall–Kier alpha value is -2.28. The van der Waals surface area contributed by atoms with Crippen LogP contribution in [-0.4, -0.2) is 26.8 Å². The van der Waals surface area contributed by atoms with E-state index in [0.29, 0.717) is 16.7 Å². The third-order valence-corrected chi connectivity index (χ3v) is 3.46. The molecular weight excluding hydrogens is 290 g/mol. The number of hydrogen-bond donors (Lipinski definition) is 2. The first-order valence-corrected chi connectivity index (χ1v) is 7.19. The average molecular weight is 305 g/mol. The molecule has 0 radical (unpaired) electrons. The number of nitrogens with zero attached hydrogens (tertiary/aromatic N) is 2. The molecule has 1 aromatic carbocycles. The van der Waals surface area contributed by atoms with Gasteiger partial charge in [0.1, 0.15) is 23.2 Å². The Morgan fingerprint density at radius 1 is 1.38 bits per heavy atom. The Labute approximate surface area is 126 Å². The summed E-state index contributed by atoms with van der Waals surface area (Å²) in [5.41, 5.74) is 6.71. The summed E-state index contributed by atoms with van der Waals surface area (Å²) in [5.74, 6) is 0.486. The van der Waals surface area contributed by atoms with Crippen LogP contribution < -0.4 is 10.5 Å². The van der Waals surface area contributed by atoms with Gasteiger partial charge in [-0.25, -0.2) is 9.97 Å². The van der Waals surface area contributed by atoms with Crippen LogP contribution in [0.5, 0.6) is 5.75 Å². The molecule has 3 N–H and O–H groups in total. The number of nitrogen functional groups attached to an aromatic ring is 1. The number of anilines is 1. The van der Waals surface area contributed by atoms with E-state index in [-0.39, 0.29) is 12.4 Å². The van der Waals surface area contributed by atoms with E-state index < -0.39 is 5.97 Å². The number of hydrogen-bond acceptors (Lipinski definition) is 6. The second-order valence-corrected chi connectivity index (χ2v) is 5.28. The van der Waals surface area contributed by atoms with Crippen LogP contribution in [0.25, 0.3) is 0 Å². The molecule has 2 aromatic rings. The monoisotopic (exact) mass is 305 g/mol. The molecule has 0 spiro atoms. The number of benzene rings is 1. The largest absolute Gasteiger partial charge is 0.485 e. The third kappa shape index (κ3) is 4.64. The van der Waals surface area contributed by atoms with Crippen molar-refractivity contribution < 1.29 is 14.6 Å². The molecule has 21 heavy (non-hydrogen) atoms. The summed E-state index contributed by atoms with van der Waals surface area (Å²) >= 11 is 1.10. The minimum atomic E-state index is -0.908. The van der Waals surface area contributed by atoms with Gasteiger partial charge in [-0.1, -0.05) is 30.0 Å². The average Bonchev–Trinajstić information content (AvgIpc) is 2.44. The lowest BCUT2D eigenvalue weighted by Gasteiger charge is -2.09. The van der Waals surface area contributed by atoms with E-state index >= 15 is 0 Å². The van der Waals surface area contributed by atoms with Gasteiger partial charge < -0.3 is 15.6 Å². The van der Waals surface area contributed by atoms with Gasteiger partial charge in [0.2, 0.25) is 0 Å². The van der Waals surface area contributed by atoms with Gasteiger partial charge in [-0.05, 0) is 18.6 Å². The Kier molecular flexibility index (Phi) is 4.99. The molecule has 0 saturated carbocycles. The maximum absolute atomic E-state index is 10.6. The van der Waals surface area contributed by atoms with Crippen molar-refractivity contribution in [2.24, 2.45) is 0 Å². The summed E-state index contributed by atoms with van der Waals surface area (Å²) in [4.78, 5) is 18.9. The molecule has 0 unspecified atom stereocenters. The number of thioether (sulfide) groups is 1. The van der Waals surface area contributed by atoms with Crippen molar-refractivity contribution in [1.29, 1.82) is 0 Å². The van der Waals surface area contributed by atoms with Gasteiger partial charge in [-0.2, -0.15) is 0 Å². The molecule has 110 valence electrons. The summed E-state index contributed by atoms with van der Waals surface area (Å²) in [6.45, 7) is 2.13. The van der Waals surface area contributed by atoms with E-state index in [0.717, 1.165) is 23.1 Å². The van der Waals surface area contributed by atoms with Gasteiger partial charge in [0.05, 0.1) is 5.75 Å². The lowest BCUT2D eigenvalue weighted by atomic mass is 10.2. The summed E-state index contributed by atoms with van der Waals surface area (Å²) in [5, 5.41) is 9.20. The zero-order valence-electron chi connectivity index (χ0n) is 11.4. The number of aryl methyl sites for hydroxylation is 1. The number of carbonyl (C=O) groups is 1. The lowest BCUT2D eigenvalue weighted by Crippen LogP contribution is -2.06. The van der Waals surface area contributed by atoms with Gasteiger partial charge in [0.15, 0.2) is 5.82 Å². The van der Waals surface area contributed by atoms with Crippen LogP contribution in [0.1, 0.15) is 11.4 Å². The number of ether oxygens (including phenoxy) is 1. The number of carboxylic acids is 1. The number of para-hydroxylation sites is 1. The SMILES string of the molecule is Cc1ccccc1OCc1nc(N)cc(SCC(=O)O)n1. The highest BCUT2D eigenvalue weighted by molar-refractivity contribution is 7.99. The Morgan fingerprint density at radius 2 is 2.14 bits per heavy atom. The van der Waals surface area contributed by atoms with E-state index in [1.165, 1.54) is 0 Å². The third-order valence-electron chi connectivity index (χ3n) is 2.56. The van der Waals surface area contributed by atoms with Gasteiger partial charge in [0.25, 0.3) is 0 Å². The smallest absolute Gasteiger partial charge is 0.313 e. The molecule has 0 aliphatic carbocycles. The van der Waals surface area contributed by atoms with E-state index in [2.05, 4.69) is 9.97 Å². The second kappa shape index (κ2) is 6.94. The minimum absolute atomic E-state index is 0.0749. The lowest BCUT2D eigenvalue weighted by molar-refractivity contribution is -0.133. The fourth-order valence-electron chi connectivity index (χ4n) is 1.63. The molecule has 0 aliphatic rings. The molecule has 0 fully saturated rings. The Bertz CT molecular complexity index is 649. The van der Waals surface area contributed by atoms with Gasteiger partial charge in [-0.3, -0.25) is 4.79 Å². The highest BCUT2D eigenvalue weighted by Crippen LogP contribution is 2.20. The predicted molar refractivity (Wildman–Crippen MR) is 80.3 cm³/mol. The van der Waals surface area contributed by atoms with E-state index in [9.17, 15) is 4.79 Å². The zero-order valence-corrected chi connectivity index (χ0v) is 12.3. The van der Waals surface area contributed by atoms with Crippen LogP contribution in [0, 0.1) is 6.92 Å². The van der Waals surface area contributed by atoms with Gasteiger partial charge in [0, 0.05) is 6.07 Å². The van der Waals surface area contributed by atoms with Crippen molar-refractivity contribution >= 4 is 23.5 Å². The molecule has 0 amide bonds. The van der Waals surface area contributed by atoms with Crippen molar-refractivity contribution in [3.05, 3.63) is 41.7 Å². The summed E-state index contributed by atoms with van der Waals surface area (Å²) in [6, 6.07) is 9.17. The van der Waals surface area contributed by atoms with Crippen LogP contribution in [-0.2, 0) is 11.4 Å². The minimum Gasteiger partial charge on any atom is -0.485 e. The standard InChI is InChI=1S/C14H15N3O3S/c1-9-4-2-3-5-10(9)20-7-12-16-11(15)6-13(17-12)21-8-14(18)19/h2-6H,7-8H2,1H3,(H,18,19)(H2,15,16,17). The van der Waals surface area contributed by atoms with Crippen LogP contribution in [0.2, 0.25) is 0 Å². The predicted octanol–water partition coefficient (Wildman–Crippen LogP) is 2.12. The summed E-state index contributed by atoms with van der Waals surface area (Å²) in [6.07, 6.45) is 0. The van der Waals surface area contributed by atoms with Crippen molar-refractivity contribution in [2.45, 2.75) is 18.6 Å². The fourth-order valence-corrected chi connectivity index (χ4v) is 2.27. The van der Waals surface area contributed by atoms with Crippen molar-refractivity contribution in [3.63, 3.8) is 0 Å². The zero-order chi connectivity index (χ0) is 15.2. The van der Waals surface area contributed by atoms with Crippen LogP contribution in [0.3, 0.4) is 0 Å². The highest BCUT2D eigenvalue weighted by atomic mass is 32.2. The summed E-state index contributed by atoms with van der Waals surface area (Å²) < 4.78 is 5.65. The molecule has 7 heteroatoms. The maximum Gasteiger partial charge on any atom is 0.313 e. The van der Waals surface area contributed by atoms with Gasteiger partial charge in [-0.15, -0.1) is 0 Å². The molecule has 0 bridgehead atoms. The van der Waals surface area contributed by atoms with Gasteiger partial charge >= 0.3 is 5.97 Å².